The van der Waals surface area contributed by atoms with Crippen molar-refractivity contribution in [1.82, 2.24) is 0 Å². The summed E-state index contributed by atoms with van der Waals surface area (Å²) in [6.45, 7) is 7.18. The predicted molar refractivity (Wildman–Crippen MR) is 81.5 cm³/mol. The van der Waals surface area contributed by atoms with Gasteiger partial charge in [0.1, 0.15) is 5.60 Å². The van der Waals surface area contributed by atoms with Gasteiger partial charge < -0.3 is 9.76 Å². The van der Waals surface area contributed by atoms with Crippen molar-refractivity contribution >= 4 is 12.9 Å². The fourth-order valence-corrected chi connectivity index (χ4v) is 2.22. The first-order chi connectivity index (χ1) is 9.53. The Bertz CT molecular complexity index is 521. The van der Waals surface area contributed by atoms with Crippen molar-refractivity contribution in [2.75, 3.05) is 0 Å². The lowest BCUT2D eigenvalue weighted by atomic mass is 9.79. The van der Waals surface area contributed by atoms with Gasteiger partial charge in [0.25, 0.3) is 5.92 Å². The van der Waals surface area contributed by atoms with Crippen molar-refractivity contribution in [1.29, 1.82) is 0 Å². The molecule has 0 aromatic heterocycles. The van der Waals surface area contributed by atoms with Gasteiger partial charge >= 0.3 is 7.48 Å². The molecule has 1 aromatic carbocycles. The van der Waals surface area contributed by atoms with Crippen LogP contribution in [0.25, 0.3) is 0 Å². The van der Waals surface area contributed by atoms with E-state index in [1.54, 1.807) is 26.0 Å². The smallest absolute Gasteiger partial charge is 0.331 e. The molecule has 0 saturated heterocycles. The van der Waals surface area contributed by atoms with Gasteiger partial charge in [0, 0.05) is 25.8 Å². The van der Waals surface area contributed by atoms with Crippen LogP contribution in [0.4, 0.5) is 8.78 Å². The summed E-state index contributed by atoms with van der Waals surface area (Å²) in [4.78, 5) is 0. The Labute approximate surface area is 125 Å². The third-order valence-corrected chi connectivity index (χ3v) is 4.46. The summed E-state index contributed by atoms with van der Waals surface area (Å²) in [6.07, 6.45) is 1.15. The monoisotopic (exact) mass is 296 g/mol. The van der Waals surface area contributed by atoms with E-state index in [-0.39, 0.29) is 12.0 Å². The van der Waals surface area contributed by atoms with Crippen LogP contribution in [0.3, 0.4) is 0 Å². The largest absolute Gasteiger partial charge is 0.439 e. The number of alkyl halides is 2. The first-order valence-corrected chi connectivity index (χ1v) is 7.30. The molecule has 5 heteroatoms. The lowest BCUT2D eigenvalue weighted by molar-refractivity contribution is -0.0893. The van der Waals surface area contributed by atoms with E-state index >= 15 is 0 Å². The molecule has 0 unspecified atom stereocenters. The zero-order valence-electron chi connectivity index (χ0n) is 13.1. The van der Waals surface area contributed by atoms with Crippen LogP contribution < -0.4 is 5.46 Å². The molecule has 0 amide bonds. The van der Waals surface area contributed by atoms with Crippen molar-refractivity contribution in [2.24, 2.45) is 0 Å². The maximum atomic E-state index is 14.0. The summed E-state index contributed by atoms with van der Waals surface area (Å²) in [7, 11) is 1.49. The summed E-state index contributed by atoms with van der Waals surface area (Å²) in [5.74, 6) is -2.75. The topological polar surface area (TPSA) is 32.1 Å². The minimum Gasteiger partial charge on any atom is -0.439 e. The van der Waals surface area contributed by atoms with Gasteiger partial charge in [-0.05, 0) is 32.3 Å². The normalized spacial score (nSPS) is 18.2. The van der Waals surface area contributed by atoms with Gasteiger partial charge in [0.05, 0.1) is 0 Å². The molecule has 21 heavy (non-hydrogen) atoms. The van der Waals surface area contributed by atoms with Crippen LogP contribution in [0.1, 0.15) is 51.7 Å². The van der Waals surface area contributed by atoms with Crippen molar-refractivity contribution in [3.63, 3.8) is 0 Å². The Balaban J connectivity index is 2.16. The SMILES string of the molecule is CC(C)([OH2+])C(C)(C)O[B]c1ccc2c(c1)C(F)(F)CCC2. The van der Waals surface area contributed by atoms with Crippen LogP contribution in [0, 0.1) is 0 Å². The first-order valence-electron chi connectivity index (χ1n) is 7.30. The van der Waals surface area contributed by atoms with E-state index in [9.17, 15) is 8.78 Å². The molecule has 0 bridgehead atoms. The Hall–Kier alpha value is -0.935. The second-order valence-electron chi connectivity index (χ2n) is 6.85. The highest BCUT2D eigenvalue weighted by molar-refractivity contribution is 6.47. The summed E-state index contributed by atoms with van der Waals surface area (Å²) >= 11 is 0. The van der Waals surface area contributed by atoms with E-state index in [0.29, 0.717) is 18.3 Å². The van der Waals surface area contributed by atoms with E-state index < -0.39 is 17.1 Å². The summed E-state index contributed by atoms with van der Waals surface area (Å²) in [5, 5.41) is 8.05. The summed E-state index contributed by atoms with van der Waals surface area (Å²) < 4.78 is 33.6. The molecule has 2 nitrogen and oxygen atoms in total. The molecular formula is C16H23BF2O2+. The fourth-order valence-electron chi connectivity index (χ4n) is 2.22. The van der Waals surface area contributed by atoms with E-state index in [1.807, 2.05) is 13.8 Å². The maximum absolute atomic E-state index is 14.0. The number of aryl methyl sites for hydroxylation is 1. The molecule has 2 rings (SSSR count). The lowest BCUT2D eigenvalue weighted by Crippen LogP contribution is -2.49. The van der Waals surface area contributed by atoms with Crippen LogP contribution >= 0.6 is 0 Å². The minimum atomic E-state index is -2.75. The zero-order valence-corrected chi connectivity index (χ0v) is 13.1. The second kappa shape index (κ2) is 5.36. The highest BCUT2D eigenvalue weighted by Crippen LogP contribution is 2.39. The molecule has 1 aliphatic rings. The van der Waals surface area contributed by atoms with Gasteiger partial charge in [0.15, 0.2) is 5.60 Å². The number of hydrogen-bond donors (Lipinski definition) is 0. The molecule has 0 spiro atoms. The molecule has 0 saturated carbocycles. The Morgan fingerprint density at radius 1 is 1.24 bits per heavy atom. The van der Waals surface area contributed by atoms with Crippen LogP contribution in [-0.2, 0) is 17.0 Å². The van der Waals surface area contributed by atoms with Gasteiger partial charge in [-0.25, -0.2) is 8.78 Å². The van der Waals surface area contributed by atoms with Crippen molar-refractivity contribution in [2.45, 2.75) is 64.1 Å². The van der Waals surface area contributed by atoms with Crippen LogP contribution in [0.5, 0.6) is 0 Å². The molecule has 0 fully saturated rings. The number of rotatable bonds is 4. The number of fused-ring (bicyclic) bond motifs is 1. The van der Waals surface area contributed by atoms with Crippen LogP contribution in [0.2, 0.25) is 0 Å². The number of benzene rings is 1. The Kier molecular flexibility index (Phi) is 4.20. The van der Waals surface area contributed by atoms with Gasteiger partial charge in [-0.2, -0.15) is 0 Å². The number of hydrogen-bond acceptors (Lipinski definition) is 1. The molecule has 1 aromatic rings. The molecular weight excluding hydrogens is 273 g/mol. The van der Waals surface area contributed by atoms with Crippen LogP contribution in [0.15, 0.2) is 18.2 Å². The van der Waals surface area contributed by atoms with Gasteiger partial charge in [0.2, 0.25) is 0 Å². The molecule has 115 valence electrons. The van der Waals surface area contributed by atoms with E-state index in [4.69, 9.17) is 9.76 Å². The van der Waals surface area contributed by atoms with E-state index in [0.717, 1.165) is 5.56 Å². The molecule has 0 atom stereocenters. The molecule has 0 heterocycles. The van der Waals surface area contributed by atoms with Gasteiger partial charge in [-0.15, -0.1) is 0 Å². The predicted octanol–water partition coefficient (Wildman–Crippen LogP) is 2.66. The summed E-state index contributed by atoms with van der Waals surface area (Å²) in [5.41, 5.74) is -0.0299. The average Bonchev–Trinajstić information content (AvgIpc) is 2.35. The highest BCUT2D eigenvalue weighted by atomic mass is 19.3. The van der Waals surface area contributed by atoms with Gasteiger partial charge in [-0.3, -0.25) is 0 Å². The maximum Gasteiger partial charge on any atom is 0.331 e. The Morgan fingerprint density at radius 3 is 2.52 bits per heavy atom. The second-order valence-corrected chi connectivity index (χ2v) is 6.85. The minimum absolute atomic E-state index is 0.0877. The Morgan fingerprint density at radius 2 is 1.90 bits per heavy atom. The zero-order chi connectivity index (χ0) is 15.9. The third-order valence-electron chi connectivity index (χ3n) is 4.46. The van der Waals surface area contributed by atoms with E-state index in [2.05, 4.69) is 0 Å². The third kappa shape index (κ3) is 3.46. The van der Waals surface area contributed by atoms with E-state index in [1.165, 1.54) is 13.5 Å². The standard InChI is InChI=1S/C16H22BF2O2/c1-14(2,20)15(3,4)21-17-12-8-7-11-6-5-9-16(18,19)13(11)10-12/h7-8,10,20H,5-6,9H2,1-4H3/p+1. The first kappa shape index (κ1) is 16.4. The number of halogens is 2. The van der Waals surface area contributed by atoms with Crippen molar-refractivity contribution < 1.29 is 18.5 Å². The molecule has 1 aliphatic carbocycles. The summed E-state index contributed by atoms with van der Waals surface area (Å²) in [6, 6.07) is 5.07. The highest BCUT2D eigenvalue weighted by Gasteiger charge is 2.41. The van der Waals surface area contributed by atoms with Crippen molar-refractivity contribution in [3.05, 3.63) is 29.3 Å². The average molecular weight is 296 g/mol. The molecule has 2 N–H and O–H groups in total. The van der Waals surface area contributed by atoms with Crippen LogP contribution in [-0.4, -0.2) is 23.8 Å². The fraction of sp³-hybridized carbons (Fsp3) is 0.625. The lowest BCUT2D eigenvalue weighted by Gasteiger charge is -2.34. The molecule has 1 radical (unpaired) electrons. The van der Waals surface area contributed by atoms with Gasteiger partial charge in [-0.1, -0.05) is 23.7 Å². The van der Waals surface area contributed by atoms with Crippen molar-refractivity contribution in [3.8, 4) is 0 Å². The quantitative estimate of drug-likeness (QED) is 0.621. The molecule has 0 aliphatic heterocycles.